The van der Waals surface area contributed by atoms with Crippen LogP contribution >= 0.6 is 0 Å². The molecule has 46 heavy (non-hydrogen) atoms. The van der Waals surface area contributed by atoms with E-state index in [1.165, 1.54) is 47.1 Å². The number of fused-ring (bicyclic) bond motifs is 1. The van der Waals surface area contributed by atoms with Crippen LogP contribution in [0, 0.1) is 17.6 Å². The monoisotopic (exact) mass is 635 g/mol. The van der Waals surface area contributed by atoms with E-state index in [1.54, 1.807) is 6.92 Å². The van der Waals surface area contributed by atoms with Crippen LogP contribution in [0.2, 0.25) is 0 Å². The molecule has 2 aromatic carbocycles. The summed E-state index contributed by atoms with van der Waals surface area (Å²) in [7, 11) is 0. The molecular formula is C31H27F4N8O3+. The van der Waals surface area contributed by atoms with Crippen molar-refractivity contribution < 1.29 is 36.6 Å². The normalized spacial score (nSPS) is 16.0. The first-order valence-electron chi connectivity index (χ1n) is 14.1. The smallest absolute Gasteiger partial charge is 0.423 e. The van der Waals surface area contributed by atoms with Crippen molar-refractivity contribution in [3.8, 4) is 16.9 Å². The van der Waals surface area contributed by atoms with Gasteiger partial charge in [-0.1, -0.05) is 6.07 Å². The molecule has 15 heteroatoms. The summed E-state index contributed by atoms with van der Waals surface area (Å²) in [5.74, 6) is 2.56. The number of nitrogens with zero attached hydrogens (tertiary/aromatic N) is 5. The minimum atomic E-state index is -4.28. The lowest BCUT2D eigenvalue weighted by Gasteiger charge is -2.33. The number of hydrogen-bond donors (Lipinski definition) is 3. The highest BCUT2D eigenvalue weighted by atomic mass is 19.3. The second-order valence-corrected chi connectivity index (χ2v) is 11.0. The number of hydrazine groups is 1. The molecule has 2 aliphatic rings. The molecule has 1 aliphatic heterocycles. The maximum Gasteiger partial charge on any atom is 0.482 e. The zero-order chi connectivity index (χ0) is 32.9. The zero-order valence-electron chi connectivity index (χ0n) is 24.3. The number of nitrogens with two attached hydrogens (primary N) is 3. The number of hydrazone groups is 1. The number of rotatable bonds is 8. The SMILES string of the molecule is C/C(c1ccc(F)cc1)=[N+](/N)c1nc(CC2CC2)c(C(N)=O)c(-c2ccc3c(c2)OC(F)(F)C(=O)N3Cc2ncc(F)cn2)c1N. The fourth-order valence-electron chi connectivity index (χ4n) is 5.26. The number of alkyl halides is 2. The van der Waals surface area contributed by atoms with Crippen molar-refractivity contribution >= 4 is 34.7 Å². The lowest BCUT2D eigenvalue weighted by atomic mass is 9.93. The van der Waals surface area contributed by atoms with Crippen LogP contribution in [0.3, 0.4) is 0 Å². The number of amides is 2. The van der Waals surface area contributed by atoms with Gasteiger partial charge in [0.25, 0.3) is 5.91 Å². The lowest BCUT2D eigenvalue weighted by Crippen LogP contribution is -2.50. The number of ether oxygens (including phenoxy) is 1. The molecule has 6 N–H and O–H groups in total. The molecule has 0 unspecified atom stereocenters. The van der Waals surface area contributed by atoms with Crippen molar-refractivity contribution in [2.45, 2.75) is 38.8 Å². The highest BCUT2D eigenvalue weighted by Crippen LogP contribution is 2.45. The van der Waals surface area contributed by atoms with E-state index in [-0.39, 0.29) is 45.6 Å². The van der Waals surface area contributed by atoms with Gasteiger partial charge in [0, 0.05) is 24.5 Å². The number of carbonyl (C=O) groups excluding carboxylic acids is 2. The molecule has 2 amide bonds. The first-order chi connectivity index (χ1) is 21.8. The first-order valence-corrected chi connectivity index (χ1v) is 14.1. The first kappa shape index (κ1) is 30.4. The van der Waals surface area contributed by atoms with Crippen molar-refractivity contribution in [1.29, 1.82) is 0 Å². The Kier molecular flexibility index (Phi) is 7.54. The van der Waals surface area contributed by atoms with Crippen molar-refractivity contribution in [1.82, 2.24) is 15.0 Å². The Morgan fingerprint density at radius 3 is 2.39 bits per heavy atom. The summed E-state index contributed by atoms with van der Waals surface area (Å²) >= 11 is 0. The van der Waals surface area contributed by atoms with Gasteiger partial charge in [0.15, 0.2) is 17.3 Å². The van der Waals surface area contributed by atoms with Crippen LogP contribution in [0.4, 0.5) is 34.8 Å². The summed E-state index contributed by atoms with van der Waals surface area (Å²) in [5, 5.41) is 0. The summed E-state index contributed by atoms with van der Waals surface area (Å²) in [6, 6.07) is 9.57. The van der Waals surface area contributed by atoms with Gasteiger partial charge in [0.2, 0.25) is 0 Å². The van der Waals surface area contributed by atoms with E-state index in [4.69, 9.17) is 22.0 Å². The molecule has 1 fully saturated rings. The standard InChI is InChI=1S/C31H26F4N8O3/c1-15(17-4-7-19(32)8-5-17)43(38)29-27(36)25(26(28(37)44)21(41-29)10-16-2-3-16)18-6-9-22-23(11-18)46-31(34,35)30(45)42(22)14-24-39-12-20(33)13-40-24/h4-9,11-13,16H,2-3,10,14,36,38H2,1H3,(H-,37,44)/p+1/b43-15-. The number of aromatic nitrogens is 3. The van der Waals surface area contributed by atoms with Gasteiger partial charge in [-0.05, 0) is 65.7 Å². The second-order valence-electron chi connectivity index (χ2n) is 11.0. The minimum absolute atomic E-state index is 0.0175. The Balaban J connectivity index is 1.52. The molecule has 236 valence electrons. The molecule has 0 radical (unpaired) electrons. The third-order valence-corrected chi connectivity index (χ3v) is 7.81. The van der Waals surface area contributed by atoms with Gasteiger partial charge in [-0.2, -0.15) is 8.78 Å². The van der Waals surface area contributed by atoms with E-state index in [0.29, 0.717) is 28.3 Å². The number of primary amides is 1. The Hall–Kier alpha value is -5.60. The summed E-state index contributed by atoms with van der Waals surface area (Å²) < 4.78 is 62.8. The van der Waals surface area contributed by atoms with E-state index in [2.05, 4.69) is 15.0 Å². The van der Waals surface area contributed by atoms with Gasteiger partial charge in [-0.25, -0.2) is 18.7 Å². The number of pyridine rings is 1. The summed E-state index contributed by atoms with van der Waals surface area (Å²) in [5.41, 5.74) is 13.9. The predicted octanol–water partition coefficient (Wildman–Crippen LogP) is 4.00. The molecule has 1 saturated carbocycles. The Morgan fingerprint density at radius 2 is 1.76 bits per heavy atom. The van der Waals surface area contributed by atoms with E-state index >= 15 is 0 Å². The average molecular weight is 636 g/mol. The van der Waals surface area contributed by atoms with Crippen LogP contribution in [-0.4, -0.2) is 43.3 Å². The van der Waals surface area contributed by atoms with Crippen molar-refractivity contribution in [2.75, 3.05) is 10.6 Å². The molecule has 1 aliphatic carbocycles. The van der Waals surface area contributed by atoms with E-state index in [0.717, 1.165) is 25.2 Å². The van der Waals surface area contributed by atoms with Gasteiger partial charge in [0.05, 0.1) is 30.2 Å². The maximum absolute atomic E-state index is 14.9. The van der Waals surface area contributed by atoms with Crippen LogP contribution in [0.5, 0.6) is 5.75 Å². The van der Waals surface area contributed by atoms with E-state index < -0.39 is 41.9 Å². The third kappa shape index (κ3) is 5.66. The van der Waals surface area contributed by atoms with Crippen LogP contribution in [0.25, 0.3) is 11.1 Å². The van der Waals surface area contributed by atoms with Crippen molar-refractivity contribution in [3.05, 3.63) is 89.1 Å². The van der Waals surface area contributed by atoms with Crippen molar-refractivity contribution in [3.63, 3.8) is 0 Å². The van der Waals surface area contributed by atoms with Crippen LogP contribution in [0.15, 0.2) is 54.9 Å². The number of carbonyl (C=O) groups is 2. The fraction of sp³-hybridized carbons (Fsp3) is 0.226. The number of anilines is 2. The van der Waals surface area contributed by atoms with E-state index in [1.807, 2.05) is 0 Å². The van der Waals surface area contributed by atoms with Crippen LogP contribution in [0.1, 0.15) is 47.2 Å². The third-order valence-electron chi connectivity index (χ3n) is 7.81. The number of nitrogen functional groups attached to an aromatic ring is 1. The molecule has 6 rings (SSSR count). The molecule has 0 spiro atoms. The Bertz CT molecular complexity index is 1910. The largest absolute Gasteiger partial charge is 0.482 e. The number of hydrogen-bond acceptors (Lipinski definition) is 8. The molecule has 11 nitrogen and oxygen atoms in total. The fourth-order valence-corrected chi connectivity index (χ4v) is 5.26. The molecule has 0 bridgehead atoms. The maximum atomic E-state index is 14.9. The number of halogens is 4. The Labute approximate surface area is 259 Å². The minimum Gasteiger partial charge on any atom is -0.423 e. The summed E-state index contributed by atoms with van der Waals surface area (Å²) in [6.45, 7) is 1.16. The topological polar surface area (TPSA) is 166 Å². The highest BCUT2D eigenvalue weighted by Gasteiger charge is 2.51. The quantitative estimate of drug-likeness (QED) is 0.0859. The highest BCUT2D eigenvalue weighted by molar-refractivity contribution is 6.06. The average Bonchev–Trinajstić information content (AvgIpc) is 3.84. The summed E-state index contributed by atoms with van der Waals surface area (Å²) in [6.07, 6.45) is -0.392. The van der Waals surface area contributed by atoms with E-state index in [9.17, 15) is 27.2 Å². The molecule has 2 aromatic heterocycles. The van der Waals surface area contributed by atoms with Crippen molar-refractivity contribution in [2.24, 2.45) is 17.5 Å². The Morgan fingerprint density at radius 1 is 1.09 bits per heavy atom. The molecule has 3 heterocycles. The molecule has 4 aromatic rings. The predicted molar refractivity (Wildman–Crippen MR) is 158 cm³/mol. The molecule has 0 atom stereocenters. The van der Waals surface area contributed by atoms with Gasteiger partial charge in [-0.15, -0.1) is 4.68 Å². The summed E-state index contributed by atoms with van der Waals surface area (Å²) in [4.78, 5) is 38.5. The zero-order valence-corrected chi connectivity index (χ0v) is 24.3. The molecular weight excluding hydrogens is 608 g/mol. The molecule has 0 saturated heterocycles. The van der Waals surface area contributed by atoms with Gasteiger partial charge in [-0.3, -0.25) is 20.3 Å². The second kappa shape index (κ2) is 11.4. The van der Waals surface area contributed by atoms with Gasteiger partial charge >= 0.3 is 17.8 Å². The van der Waals surface area contributed by atoms with Gasteiger partial charge < -0.3 is 16.2 Å². The number of benzene rings is 2. The van der Waals surface area contributed by atoms with Gasteiger partial charge in [0.1, 0.15) is 23.0 Å². The lowest BCUT2D eigenvalue weighted by molar-refractivity contribution is -0.455. The van der Waals surface area contributed by atoms with Crippen LogP contribution < -0.4 is 26.9 Å². The van der Waals surface area contributed by atoms with Crippen LogP contribution in [-0.2, 0) is 17.8 Å².